The van der Waals surface area contributed by atoms with Crippen LogP contribution in [0.1, 0.15) is 19.8 Å². The number of rotatable bonds is 2. The van der Waals surface area contributed by atoms with Crippen molar-refractivity contribution in [1.82, 2.24) is 9.47 Å². The van der Waals surface area contributed by atoms with Gasteiger partial charge in [-0.25, -0.2) is 0 Å². The molecular weight excluding hydrogens is 230 g/mol. The molecular formula is C13H19N3O2. The standard InChI is InChI=1S/C13H19N3O2/c1-10(17)16-7-5-11(6-8-16)14-12-3-4-13(18)15(2)9-12/h3-4,9,11,14H,5-8H2,1-2H3. The smallest absolute Gasteiger partial charge is 0.250 e. The van der Waals surface area contributed by atoms with Gasteiger partial charge in [0.2, 0.25) is 11.5 Å². The zero-order chi connectivity index (χ0) is 13.1. The first kappa shape index (κ1) is 12.7. The zero-order valence-electron chi connectivity index (χ0n) is 10.8. The molecule has 18 heavy (non-hydrogen) atoms. The van der Waals surface area contributed by atoms with Gasteiger partial charge in [0.05, 0.1) is 5.69 Å². The van der Waals surface area contributed by atoms with Crippen LogP contribution in [0.3, 0.4) is 0 Å². The van der Waals surface area contributed by atoms with Gasteiger partial charge in [-0.15, -0.1) is 0 Å². The molecule has 0 saturated carbocycles. The van der Waals surface area contributed by atoms with Gasteiger partial charge in [-0.3, -0.25) is 9.59 Å². The van der Waals surface area contributed by atoms with Gasteiger partial charge in [0.25, 0.3) is 0 Å². The minimum absolute atomic E-state index is 0.00745. The van der Waals surface area contributed by atoms with Crippen LogP contribution in [0.25, 0.3) is 0 Å². The Morgan fingerprint density at radius 3 is 2.56 bits per heavy atom. The minimum atomic E-state index is -0.00745. The normalized spacial score (nSPS) is 16.7. The molecule has 2 heterocycles. The fraction of sp³-hybridized carbons (Fsp3) is 0.538. The highest BCUT2D eigenvalue weighted by molar-refractivity contribution is 5.73. The molecule has 0 bridgehead atoms. The van der Waals surface area contributed by atoms with Crippen molar-refractivity contribution in [2.45, 2.75) is 25.8 Å². The molecule has 1 aliphatic rings. The second-order valence-corrected chi connectivity index (χ2v) is 4.79. The Bertz CT molecular complexity index is 487. The van der Waals surface area contributed by atoms with E-state index in [0.29, 0.717) is 6.04 Å². The molecule has 0 aromatic carbocycles. The Balaban J connectivity index is 1.93. The van der Waals surface area contributed by atoms with Crippen molar-refractivity contribution >= 4 is 11.6 Å². The largest absolute Gasteiger partial charge is 0.381 e. The Hall–Kier alpha value is -1.78. The summed E-state index contributed by atoms with van der Waals surface area (Å²) in [5.74, 6) is 0.149. The summed E-state index contributed by atoms with van der Waals surface area (Å²) in [6.45, 7) is 3.22. The van der Waals surface area contributed by atoms with Crippen LogP contribution in [0, 0.1) is 0 Å². The second kappa shape index (κ2) is 5.25. The summed E-state index contributed by atoms with van der Waals surface area (Å²) in [4.78, 5) is 24.4. The number of carbonyl (C=O) groups is 1. The van der Waals surface area contributed by atoms with Crippen LogP contribution in [-0.2, 0) is 11.8 Å². The number of anilines is 1. The number of piperidine rings is 1. The van der Waals surface area contributed by atoms with E-state index < -0.39 is 0 Å². The fourth-order valence-corrected chi connectivity index (χ4v) is 2.25. The molecule has 0 atom stereocenters. The third kappa shape index (κ3) is 2.91. The summed E-state index contributed by atoms with van der Waals surface area (Å²) in [5, 5.41) is 3.41. The molecule has 1 aromatic heterocycles. The molecule has 0 radical (unpaired) electrons. The monoisotopic (exact) mass is 249 g/mol. The lowest BCUT2D eigenvalue weighted by atomic mass is 10.0. The molecule has 98 valence electrons. The summed E-state index contributed by atoms with van der Waals surface area (Å²) in [7, 11) is 1.74. The SMILES string of the molecule is CC(=O)N1CCC(Nc2ccc(=O)n(C)c2)CC1. The third-order valence-corrected chi connectivity index (χ3v) is 3.40. The number of aromatic nitrogens is 1. The number of hydrogen-bond donors (Lipinski definition) is 1. The quantitative estimate of drug-likeness (QED) is 0.844. The van der Waals surface area contributed by atoms with E-state index in [1.165, 1.54) is 0 Å². The highest BCUT2D eigenvalue weighted by atomic mass is 16.2. The molecule has 0 unspecified atom stereocenters. The lowest BCUT2D eigenvalue weighted by Crippen LogP contribution is -2.41. The minimum Gasteiger partial charge on any atom is -0.381 e. The van der Waals surface area contributed by atoms with E-state index in [-0.39, 0.29) is 11.5 Å². The van der Waals surface area contributed by atoms with E-state index in [0.717, 1.165) is 31.6 Å². The molecule has 1 aliphatic heterocycles. The van der Waals surface area contributed by atoms with E-state index in [1.807, 2.05) is 4.90 Å². The van der Waals surface area contributed by atoms with Crippen molar-refractivity contribution in [2.24, 2.45) is 7.05 Å². The summed E-state index contributed by atoms with van der Waals surface area (Å²) in [6, 6.07) is 3.74. The first-order valence-electron chi connectivity index (χ1n) is 6.25. The first-order valence-corrected chi connectivity index (χ1v) is 6.25. The maximum absolute atomic E-state index is 11.3. The topological polar surface area (TPSA) is 54.3 Å². The van der Waals surface area contributed by atoms with E-state index in [9.17, 15) is 9.59 Å². The molecule has 1 aromatic rings. The van der Waals surface area contributed by atoms with E-state index >= 15 is 0 Å². The highest BCUT2D eigenvalue weighted by Gasteiger charge is 2.20. The molecule has 5 heteroatoms. The highest BCUT2D eigenvalue weighted by Crippen LogP contribution is 2.15. The summed E-state index contributed by atoms with van der Waals surface area (Å²) in [5.41, 5.74) is 0.949. The van der Waals surface area contributed by atoms with Crippen molar-refractivity contribution in [1.29, 1.82) is 0 Å². The van der Waals surface area contributed by atoms with Crippen molar-refractivity contribution < 1.29 is 4.79 Å². The number of aryl methyl sites for hydroxylation is 1. The van der Waals surface area contributed by atoms with Crippen molar-refractivity contribution in [3.05, 3.63) is 28.7 Å². The van der Waals surface area contributed by atoms with Gasteiger partial charge in [0.15, 0.2) is 0 Å². The zero-order valence-corrected chi connectivity index (χ0v) is 10.8. The van der Waals surface area contributed by atoms with Crippen LogP contribution >= 0.6 is 0 Å². The molecule has 1 amide bonds. The number of likely N-dealkylation sites (tertiary alicyclic amines) is 1. The van der Waals surface area contributed by atoms with Crippen LogP contribution < -0.4 is 10.9 Å². The molecule has 2 rings (SSSR count). The first-order chi connectivity index (χ1) is 8.56. The summed E-state index contributed by atoms with van der Waals surface area (Å²) < 4.78 is 1.56. The van der Waals surface area contributed by atoms with E-state index in [2.05, 4.69) is 5.32 Å². The van der Waals surface area contributed by atoms with Crippen molar-refractivity contribution in [3.8, 4) is 0 Å². The average Bonchev–Trinajstić information content (AvgIpc) is 2.34. The molecule has 0 spiro atoms. The lowest BCUT2D eigenvalue weighted by molar-refractivity contribution is -0.129. The van der Waals surface area contributed by atoms with Gasteiger partial charge in [0, 0.05) is 45.4 Å². The lowest BCUT2D eigenvalue weighted by Gasteiger charge is -2.32. The van der Waals surface area contributed by atoms with Crippen LogP contribution in [0.4, 0.5) is 5.69 Å². The fourth-order valence-electron chi connectivity index (χ4n) is 2.25. The van der Waals surface area contributed by atoms with Gasteiger partial charge in [-0.2, -0.15) is 0 Å². The summed E-state index contributed by atoms with van der Waals surface area (Å²) >= 11 is 0. The maximum atomic E-state index is 11.3. The number of carbonyl (C=O) groups excluding carboxylic acids is 1. The average molecular weight is 249 g/mol. The van der Waals surface area contributed by atoms with Gasteiger partial charge < -0.3 is 14.8 Å². The predicted octanol–water partition coefficient (Wildman–Crippen LogP) is 0.808. The molecule has 0 aliphatic carbocycles. The molecule has 1 N–H and O–H groups in total. The van der Waals surface area contributed by atoms with Crippen LogP contribution in [-0.4, -0.2) is 34.5 Å². The number of nitrogens with one attached hydrogen (secondary N) is 1. The van der Waals surface area contributed by atoms with Gasteiger partial charge in [-0.1, -0.05) is 0 Å². The Labute approximate surface area is 106 Å². The summed E-state index contributed by atoms with van der Waals surface area (Å²) in [6.07, 6.45) is 3.70. The molecule has 5 nitrogen and oxygen atoms in total. The second-order valence-electron chi connectivity index (χ2n) is 4.79. The maximum Gasteiger partial charge on any atom is 0.250 e. The van der Waals surface area contributed by atoms with Crippen LogP contribution in [0.15, 0.2) is 23.1 Å². The number of pyridine rings is 1. The van der Waals surface area contributed by atoms with Gasteiger partial charge in [-0.05, 0) is 18.9 Å². The van der Waals surface area contributed by atoms with Crippen molar-refractivity contribution in [3.63, 3.8) is 0 Å². The van der Waals surface area contributed by atoms with Crippen molar-refractivity contribution in [2.75, 3.05) is 18.4 Å². The van der Waals surface area contributed by atoms with E-state index in [1.54, 1.807) is 36.9 Å². The number of amides is 1. The Morgan fingerprint density at radius 1 is 1.33 bits per heavy atom. The number of hydrogen-bond acceptors (Lipinski definition) is 3. The molecule has 1 saturated heterocycles. The third-order valence-electron chi connectivity index (χ3n) is 3.40. The van der Waals surface area contributed by atoms with E-state index in [4.69, 9.17) is 0 Å². The Kier molecular flexibility index (Phi) is 3.69. The van der Waals surface area contributed by atoms with Crippen LogP contribution in [0.2, 0.25) is 0 Å². The molecule has 1 fully saturated rings. The van der Waals surface area contributed by atoms with Gasteiger partial charge >= 0.3 is 0 Å². The van der Waals surface area contributed by atoms with Gasteiger partial charge in [0.1, 0.15) is 0 Å². The van der Waals surface area contributed by atoms with Crippen LogP contribution in [0.5, 0.6) is 0 Å². The Morgan fingerprint density at radius 2 is 2.00 bits per heavy atom. The predicted molar refractivity (Wildman–Crippen MR) is 70.6 cm³/mol. The number of nitrogens with zero attached hydrogens (tertiary/aromatic N) is 2.